The molecule has 0 aliphatic carbocycles. The first-order valence-electron chi connectivity index (χ1n) is 7.25. The number of benzene rings is 1. The summed E-state index contributed by atoms with van der Waals surface area (Å²) in [6.45, 7) is 3.30. The first-order chi connectivity index (χ1) is 10.1. The molecule has 2 heterocycles. The molecule has 1 aromatic rings. The highest BCUT2D eigenvalue weighted by molar-refractivity contribution is 5.96. The molecule has 2 aliphatic rings. The van der Waals surface area contributed by atoms with Crippen molar-refractivity contribution in [1.29, 1.82) is 0 Å². The number of amides is 3. The molecule has 0 aromatic heterocycles. The molecule has 2 N–H and O–H groups in total. The number of rotatable bonds is 3. The van der Waals surface area contributed by atoms with Gasteiger partial charge in [0.05, 0.1) is 6.10 Å². The molecule has 2 saturated heterocycles. The second-order valence-electron chi connectivity index (χ2n) is 5.43. The fourth-order valence-corrected chi connectivity index (χ4v) is 2.66. The van der Waals surface area contributed by atoms with E-state index >= 15 is 0 Å². The Morgan fingerprint density at radius 3 is 2.67 bits per heavy atom. The van der Waals surface area contributed by atoms with Crippen LogP contribution in [-0.2, 0) is 9.53 Å². The summed E-state index contributed by atoms with van der Waals surface area (Å²) in [4.78, 5) is 25.3. The Morgan fingerprint density at radius 1 is 1.33 bits per heavy atom. The van der Waals surface area contributed by atoms with Crippen molar-refractivity contribution in [3.05, 3.63) is 24.3 Å². The number of urea groups is 1. The summed E-state index contributed by atoms with van der Waals surface area (Å²) in [6, 6.07) is 7.19. The maximum atomic E-state index is 12.0. The van der Waals surface area contributed by atoms with E-state index in [2.05, 4.69) is 10.6 Å². The van der Waals surface area contributed by atoms with Crippen molar-refractivity contribution in [3.8, 4) is 0 Å². The predicted molar refractivity (Wildman–Crippen MR) is 79.4 cm³/mol. The molecule has 0 radical (unpaired) electrons. The first-order valence-corrected chi connectivity index (χ1v) is 7.25. The van der Waals surface area contributed by atoms with E-state index in [0.29, 0.717) is 18.8 Å². The SMILES string of the molecule is CC1CCC(C(=O)Nc2ccc(N3CCNC3=O)cc2)O1. The Balaban J connectivity index is 1.62. The molecule has 21 heavy (non-hydrogen) atoms. The predicted octanol–water partition coefficient (Wildman–Crippen LogP) is 1.72. The minimum atomic E-state index is -0.357. The van der Waals surface area contributed by atoms with Gasteiger partial charge in [0.25, 0.3) is 5.91 Å². The minimum Gasteiger partial charge on any atom is -0.365 e. The normalized spacial score (nSPS) is 25.0. The molecule has 2 aliphatic heterocycles. The van der Waals surface area contributed by atoms with E-state index in [0.717, 1.165) is 18.5 Å². The van der Waals surface area contributed by atoms with Gasteiger partial charge in [-0.2, -0.15) is 0 Å². The maximum absolute atomic E-state index is 12.0. The summed E-state index contributed by atoms with van der Waals surface area (Å²) in [7, 11) is 0. The van der Waals surface area contributed by atoms with Gasteiger partial charge in [0.2, 0.25) is 0 Å². The zero-order valence-corrected chi connectivity index (χ0v) is 12.0. The van der Waals surface area contributed by atoms with E-state index in [1.807, 2.05) is 19.1 Å². The Kier molecular flexibility index (Phi) is 3.79. The van der Waals surface area contributed by atoms with Gasteiger partial charge in [0.15, 0.2) is 0 Å². The number of hydrogen-bond acceptors (Lipinski definition) is 3. The molecule has 2 unspecified atom stereocenters. The van der Waals surface area contributed by atoms with E-state index in [1.165, 1.54) is 0 Å². The second kappa shape index (κ2) is 5.73. The van der Waals surface area contributed by atoms with Gasteiger partial charge in [-0.05, 0) is 44.0 Å². The highest BCUT2D eigenvalue weighted by Gasteiger charge is 2.28. The Morgan fingerprint density at radius 2 is 2.10 bits per heavy atom. The molecule has 3 amide bonds. The van der Waals surface area contributed by atoms with Gasteiger partial charge in [-0.1, -0.05) is 0 Å². The Hall–Kier alpha value is -2.08. The lowest BCUT2D eigenvalue weighted by Crippen LogP contribution is -2.28. The van der Waals surface area contributed by atoms with Gasteiger partial charge in [-0.3, -0.25) is 9.69 Å². The summed E-state index contributed by atoms with van der Waals surface area (Å²) >= 11 is 0. The minimum absolute atomic E-state index is 0.0832. The van der Waals surface area contributed by atoms with Gasteiger partial charge >= 0.3 is 6.03 Å². The largest absolute Gasteiger partial charge is 0.365 e. The van der Waals surface area contributed by atoms with E-state index < -0.39 is 0 Å². The van der Waals surface area contributed by atoms with E-state index in [9.17, 15) is 9.59 Å². The van der Waals surface area contributed by atoms with Crippen molar-refractivity contribution in [2.24, 2.45) is 0 Å². The standard InChI is InChI=1S/C15H19N3O3/c1-10-2-7-13(21-10)14(19)17-11-3-5-12(6-4-11)18-9-8-16-15(18)20/h3-6,10,13H,2,7-9H2,1H3,(H,16,20)(H,17,19). The lowest BCUT2D eigenvalue weighted by molar-refractivity contribution is -0.126. The van der Waals surface area contributed by atoms with Crippen LogP contribution in [0.2, 0.25) is 0 Å². The average molecular weight is 289 g/mol. The van der Waals surface area contributed by atoms with Crippen LogP contribution in [0.25, 0.3) is 0 Å². The third-order valence-electron chi connectivity index (χ3n) is 3.83. The van der Waals surface area contributed by atoms with Crippen molar-refractivity contribution in [1.82, 2.24) is 5.32 Å². The van der Waals surface area contributed by atoms with Crippen LogP contribution in [-0.4, -0.2) is 37.2 Å². The fraction of sp³-hybridized carbons (Fsp3) is 0.467. The maximum Gasteiger partial charge on any atom is 0.321 e. The topological polar surface area (TPSA) is 70.7 Å². The molecule has 3 rings (SSSR count). The van der Waals surface area contributed by atoms with Crippen LogP contribution >= 0.6 is 0 Å². The van der Waals surface area contributed by atoms with Gasteiger partial charge in [0.1, 0.15) is 6.10 Å². The molecule has 0 saturated carbocycles. The quantitative estimate of drug-likeness (QED) is 0.890. The van der Waals surface area contributed by atoms with Crippen molar-refractivity contribution < 1.29 is 14.3 Å². The summed E-state index contributed by atoms with van der Waals surface area (Å²) in [6.07, 6.45) is 1.47. The number of nitrogens with zero attached hydrogens (tertiary/aromatic N) is 1. The van der Waals surface area contributed by atoms with E-state index in [1.54, 1.807) is 17.0 Å². The second-order valence-corrected chi connectivity index (χ2v) is 5.43. The lowest BCUT2D eigenvalue weighted by Gasteiger charge is -2.15. The van der Waals surface area contributed by atoms with Gasteiger partial charge in [-0.15, -0.1) is 0 Å². The monoisotopic (exact) mass is 289 g/mol. The van der Waals surface area contributed by atoms with Crippen LogP contribution in [0.1, 0.15) is 19.8 Å². The summed E-state index contributed by atoms with van der Waals surface area (Å²) in [5.41, 5.74) is 1.54. The van der Waals surface area contributed by atoms with Crippen molar-refractivity contribution >= 4 is 23.3 Å². The van der Waals surface area contributed by atoms with Crippen LogP contribution in [0.15, 0.2) is 24.3 Å². The van der Waals surface area contributed by atoms with Crippen molar-refractivity contribution in [3.63, 3.8) is 0 Å². The number of ether oxygens (including phenoxy) is 1. The van der Waals surface area contributed by atoms with Crippen LogP contribution in [0.4, 0.5) is 16.2 Å². The number of nitrogens with one attached hydrogen (secondary N) is 2. The zero-order chi connectivity index (χ0) is 14.8. The molecular weight excluding hydrogens is 270 g/mol. The molecule has 6 nitrogen and oxygen atoms in total. The number of hydrogen-bond donors (Lipinski definition) is 2. The molecule has 0 bridgehead atoms. The fourth-order valence-electron chi connectivity index (χ4n) is 2.66. The number of anilines is 2. The highest BCUT2D eigenvalue weighted by atomic mass is 16.5. The summed E-state index contributed by atoms with van der Waals surface area (Å²) < 4.78 is 5.54. The van der Waals surface area contributed by atoms with Gasteiger partial charge < -0.3 is 15.4 Å². The molecule has 6 heteroatoms. The zero-order valence-electron chi connectivity index (χ0n) is 12.0. The van der Waals surface area contributed by atoms with E-state index in [-0.39, 0.29) is 24.1 Å². The summed E-state index contributed by atoms with van der Waals surface area (Å²) in [5.74, 6) is -0.106. The number of carbonyl (C=O) groups excluding carboxylic acids is 2. The highest BCUT2D eigenvalue weighted by Crippen LogP contribution is 2.22. The molecule has 2 atom stereocenters. The third kappa shape index (κ3) is 3.00. The van der Waals surface area contributed by atoms with Gasteiger partial charge in [0, 0.05) is 24.5 Å². The Bertz CT molecular complexity index is 544. The van der Waals surface area contributed by atoms with E-state index in [4.69, 9.17) is 4.74 Å². The van der Waals surface area contributed by atoms with Crippen molar-refractivity contribution in [2.75, 3.05) is 23.3 Å². The molecule has 0 spiro atoms. The molecular formula is C15H19N3O3. The van der Waals surface area contributed by atoms with Crippen molar-refractivity contribution in [2.45, 2.75) is 32.0 Å². The van der Waals surface area contributed by atoms with Crippen LogP contribution in [0, 0.1) is 0 Å². The van der Waals surface area contributed by atoms with Crippen LogP contribution in [0.3, 0.4) is 0 Å². The third-order valence-corrected chi connectivity index (χ3v) is 3.83. The lowest BCUT2D eigenvalue weighted by atomic mass is 10.2. The average Bonchev–Trinajstić information content (AvgIpc) is 3.08. The first kappa shape index (κ1) is 13.9. The smallest absolute Gasteiger partial charge is 0.321 e. The molecule has 2 fully saturated rings. The Labute approximate surface area is 123 Å². The number of carbonyl (C=O) groups is 2. The summed E-state index contributed by atoms with van der Waals surface area (Å²) in [5, 5.41) is 5.61. The molecule has 112 valence electrons. The van der Waals surface area contributed by atoms with Crippen LogP contribution in [0.5, 0.6) is 0 Å². The van der Waals surface area contributed by atoms with Crippen LogP contribution < -0.4 is 15.5 Å². The van der Waals surface area contributed by atoms with Gasteiger partial charge in [-0.25, -0.2) is 4.79 Å². The molecule has 1 aromatic carbocycles.